The van der Waals surface area contributed by atoms with E-state index < -0.39 is 17.9 Å². The quantitative estimate of drug-likeness (QED) is 0.805. The minimum absolute atomic E-state index is 0.523. The molecule has 0 N–H and O–H groups in total. The molecule has 2 nitrogen and oxygen atoms in total. The smallest absolute Gasteiger partial charge is 0.303 e. The highest BCUT2D eigenvalue weighted by molar-refractivity contribution is 5.46. The van der Waals surface area contributed by atoms with Gasteiger partial charge in [0.25, 0.3) is 0 Å². The number of piperazine rings is 1. The summed E-state index contributed by atoms with van der Waals surface area (Å²) in [7, 11) is 0. The number of halogens is 3. The lowest BCUT2D eigenvalue weighted by Crippen LogP contribution is -2.48. The highest BCUT2D eigenvalue weighted by Gasteiger charge is 2.30. The molecule has 3 rings (SSSR count). The Hall–Kier alpha value is -2.27. The van der Waals surface area contributed by atoms with E-state index in [-0.39, 0.29) is 0 Å². The molecule has 0 radical (unpaired) electrons. The zero-order valence-electron chi connectivity index (χ0n) is 13.2. The molecule has 0 bridgehead atoms. The van der Waals surface area contributed by atoms with E-state index in [1.54, 1.807) is 35.2 Å². The van der Waals surface area contributed by atoms with Crippen LogP contribution < -0.4 is 4.90 Å². The van der Waals surface area contributed by atoms with Crippen LogP contribution in [0.15, 0.2) is 72.6 Å². The third-order valence-electron chi connectivity index (χ3n) is 4.34. The summed E-state index contributed by atoms with van der Waals surface area (Å²) in [4.78, 5) is 3.97. The molecule has 1 saturated heterocycles. The van der Waals surface area contributed by atoms with Crippen LogP contribution in [-0.4, -0.2) is 31.1 Å². The summed E-state index contributed by atoms with van der Waals surface area (Å²) in [6.07, 6.45) is -2.24. The summed E-state index contributed by atoms with van der Waals surface area (Å²) < 4.78 is 40.0. The second-order valence-corrected chi connectivity index (χ2v) is 5.78. The van der Waals surface area contributed by atoms with Crippen molar-refractivity contribution >= 4 is 5.69 Å². The second kappa shape index (κ2) is 7.53. The van der Waals surface area contributed by atoms with Gasteiger partial charge in [0.1, 0.15) is 0 Å². The molecule has 24 heavy (non-hydrogen) atoms. The van der Waals surface area contributed by atoms with Gasteiger partial charge in [-0.15, -0.1) is 0 Å². The molecule has 0 aliphatic carbocycles. The van der Waals surface area contributed by atoms with Crippen molar-refractivity contribution in [3.8, 4) is 0 Å². The highest BCUT2D eigenvalue weighted by atomic mass is 19.3. The lowest BCUT2D eigenvalue weighted by atomic mass is 10.0. The lowest BCUT2D eigenvalue weighted by molar-refractivity contribution is 0.178. The molecular weight excluding hydrogens is 313 g/mol. The van der Waals surface area contributed by atoms with Crippen molar-refractivity contribution in [2.75, 3.05) is 31.1 Å². The van der Waals surface area contributed by atoms with E-state index in [9.17, 15) is 13.2 Å². The molecule has 1 heterocycles. The van der Waals surface area contributed by atoms with Crippen molar-refractivity contribution in [1.29, 1.82) is 0 Å². The Kier molecular flexibility index (Phi) is 5.20. The maximum absolute atomic E-state index is 14.2. The molecule has 5 heteroatoms. The standard InChI is InChI=1S/C19H19F3N2/c20-17(19(21)22)18(15-7-3-1-4-8-15)24-13-11-23(12-14-24)16-9-5-2-6-10-16/h1-10,18H,11-14H2. The van der Waals surface area contributed by atoms with E-state index in [1.807, 2.05) is 30.3 Å². The molecule has 2 aromatic rings. The molecule has 1 aliphatic heterocycles. The molecule has 1 aliphatic rings. The van der Waals surface area contributed by atoms with Gasteiger partial charge in [0.15, 0.2) is 5.83 Å². The number of benzene rings is 2. The van der Waals surface area contributed by atoms with Crippen LogP contribution in [0.4, 0.5) is 18.9 Å². The Balaban J connectivity index is 1.78. The molecule has 0 aromatic heterocycles. The van der Waals surface area contributed by atoms with E-state index in [2.05, 4.69) is 4.90 Å². The van der Waals surface area contributed by atoms with Gasteiger partial charge in [-0.3, -0.25) is 4.90 Å². The van der Waals surface area contributed by atoms with Crippen molar-refractivity contribution in [1.82, 2.24) is 4.90 Å². The molecule has 1 fully saturated rings. The van der Waals surface area contributed by atoms with Crippen molar-refractivity contribution in [3.63, 3.8) is 0 Å². The van der Waals surface area contributed by atoms with Crippen LogP contribution in [-0.2, 0) is 0 Å². The van der Waals surface area contributed by atoms with Crippen molar-refractivity contribution in [2.24, 2.45) is 0 Å². The Labute approximate surface area is 139 Å². The second-order valence-electron chi connectivity index (χ2n) is 5.78. The van der Waals surface area contributed by atoms with E-state index >= 15 is 0 Å². The average molecular weight is 332 g/mol. The summed E-state index contributed by atoms with van der Waals surface area (Å²) in [6.45, 7) is 2.40. The number of para-hydroxylation sites is 1. The Bertz CT molecular complexity index is 676. The fraction of sp³-hybridized carbons (Fsp3) is 0.263. The summed E-state index contributed by atoms with van der Waals surface area (Å²) in [6, 6.07) is 17.6. The number of rotatable bonds is 4. The first-order valence-corrected chi connectivity index (χ1v) is 7.96. The van der Waals surface area contributed by atoms with Crippen molar-refractivity contribution in [3.05, 3.63) is 78.1 Å². The summed E-state index contributed by atoms with van der Waals surface area (Å²) in [5, 5.41) is 0. The highest BCUT2D eigenvalue weighted by Crippen LogP contribution is 2.33. The zero-order valence-corrected chi connectivity index (χ0v) is 13.2. The molecule has 0 spiro atoms. The normalized spacial score (nSPS) is 16.7. The molecule has 1 atom stereocenters. The van der Waals surface area contributed by atoms with E-state index in [0.717, 1.165) is 5.69 Å². The maximum Gasteiger partial charge on any atom is 0.303 e. The minimum atomic E-state index is -2.24. The number of nitrogens with zero attached hydrogens (tertiary/aromatic N) is 2. The predicted octanol–water partition coefficient (Wildman–Crippen LogP) is 4.63. The average Bonchev–Trinajstić information content (AvgIpc) is 2.64. The SMILES string of the molecule is FC(F)=C(F)C(c1ccccc1)N1CCN(c2ccccc2)CC1. The number of hydrogen-bond donors (Lipinski definition) is 0. The fourth-order valence-electron chi connectivity index (χ4n) is 3.13. The lowest BCUT2D eigenvalue weighted by Gasteiger charge is -2.39. The first kappa shape index (κ1) is 16.6. The van der Waals surface area contributed by atoms with Gasteiger partial charge in [0.05, 0.1) is 6.04 Å². The van der Waals surface area contributed by atoms with Crippen LogP contribution in [0.5, 0.6) is 0 Å². The monoisotopic (exact) mass is 332 g/mol. The van der Waals surface area contributed by atoms with E-state index in [4.69, 9.17) is 0 Å². The van der Waals surface area contributed by atoms with Crippen LogP contribution in [0.3, 0.4) is 0 Å². The summed E-state index contributed by atoms with van der Waals surface area (Å²) in [5.74, 6) is -1.35. The van der Waals surface area contributed by atoms with Gasteiger partial charge in [0.2, 0.25) is 0 Å². The first-order chi connectivity index (χ1) is 11.7. The third-order valence-corrected chi connectivity index (χ3v) is 4.34. The number of hydrogen-bond acceptors (Lipinski definition) is 2. The largest absolute Gasteiger partial charge is 0.369 e. The molecule has 0 saturated carbocycles. The summed E-state index contributed by atoms with van der Waals surface area (Å²) in [5.41, 5.74) is 1.65. The summed E-state index contributed by atoms with van der Waals surface area (Å²) >= 11 is 0. The van der Waals surface area contributed by atoms with Gasteiger partial charge in [-0.2, -0.15) is 8.78 Å². The van der Waals surface area contributed by atoms with Crippen molar-refractivity contribution < 1.29 is 13.2 Å². The molecule has 1 unspecified atom stereocenters. The molecule has 2 aromatic carbocycles. The maximum atomic E-state index is 14.2. The Morgan fingerprint density at radius 2 is 1.29 bits per heavy atom. The zero-order chi connectivity index (χ0) is 16.9. The van der Waals surface area contributed by atoms with Crippen LogP contribution in [0, 0.1) is 0 Å². The molecular formula is C19H19F3N2. The topological polar surface area (TPSA) is 6.48 Å². The van der Waals surface area contributed by atoms with Crippen molar-refractivity contribution in [2.45, 2.75) is 6.04 Å². The fourth-order valence-corrected chi connectivity index (χ4v) is 3.13. The Morgan fingerprint density at radius 3 is 1.83 bits per heavy atom. The van der Waals surface area contributed by atoms with Gasteiger partial charge >= 0.3 is 6.08 Å². The van der Waals surface area contributed by atoms with Crippen LogP contribution in [0.2, 0.25) is 0 Å². The third kappa shape index (κ3) is 3.62. The van der Waals surface area contributed by atoms with Crippen LogP contribution in [0.1, 0.15) is 11.6 Å². The van der Waals surface area contributed by atoms with Gasteiger partial charge in [-0.25, -0.2) is 4.39 Å². The first-order valence-electron chi connectivity index (χ1n) is 7.96. The van der Waals surface area contributed by atoms with Gasteiger partial charge in [-0.1, -0.05) is 48.5 Å². The van der Waals surface area contributed by atoms with Crippen LogP contribution >= 0.6 is 0 Å². The minimum Gasteiger partial charge on any atom is -0.369 e. The molecule has 126 valence electrons. The van der Waals surface area contributed by atoms with E-state index in [0.29, 0.717) is 31.7 Å². The van der Waals surface area contributed by atoms with Gasteiger partial charge < -0.3 is 4.90 Å². The Morgan fingerprint density at radius 1 is 0.750 bits per heavy atom. The van der Waals surface area contributed by atoms with Gasteiger partial charge in [-0.05, 0) is 17.7 Å². The van der Waals surface area contributed by atoms with Crippen LogP contribution in [0.25, 0.3) is 0 Å². The number of anilines is 1. The predicted molar refractivity (Wildman–Crippen MR) is 89.8 cm³/mol. The van der Waals surface area contributed by atoms with Gasteiger partial charge in [0, 0.05) is 31.9 Å². The van der Waals surface area contributed by atoms with E-state index in [1.165, 1.54) is 0 Å². The molecule has 0 amide bonds.